The molecular weight excluding hydrogens is 220 g/mol. The second kappa shape index (κ2) is 5.24. The van der Waals surface area contributed by atoms with Gasteiger partial charge in [0.05, 0.1) is 0 Å². The van der Waals surface area contributed by atoms with Gasteiger partial charge in [0, 0.05) is 25.5 Å². The van der Waals surface area contributed by atoms with Gasteiger partial charge in [0.2, 0.25) is 0 Å². The van der Waals surface area contributed by atoms with Crippen LogP contribution in [0.15, 0.2) is 17.2 Å². The summed E-state index contributed by atoms with van der Waals surface area (Å²) in [5.41, 5.74) is -0.140. The van der Waals surface area contributed by atoms with Gasteiger partial charge in [-0.15, -0.1) is 0 Å². The van der Waals surface area contributed by atoms with Crippen LogP contribution in [0.5, 0.6) is 0 Å². The van der Waals surface area contributed by atoms with Crippen molar-refractivity contribution in [1.29, 1.82) is 0 Å². The fourth-order valence-electron chi connectivity index (χ4n) is 1.43. The smallest absolute Gasteiger partial charge is 0.252 e. The Morgan fingerprint density at radius 2 is 2.29 bits per heavy atom. The number of aryl methyl sites for hydroxylation is 1. The number of rotatable bonds is 5. The summed E-state index contributed by atoms with van der Waals surface area (Å²) in [5.74, 6) is 2.07. The number of nitrogens with one attached hydrogen (secondary N) is 3. The molecule has 2 rings (SSSR count). The third kappa shape index (κ3) is 3.13. The average Bonchev–Trinajstić information content (AvgIpc) is 2.81. The van der Waals surface area contributed by atoms with Crippen LogP contribution in [-0.4, -0.2) is 31.7 Å². The zero-order valence-electron chi connectivity index (χ0n) is 9.53. The van der Waals surface area contributed by atoms with Crippen LogP contribution in [0.1, 0.15) is 18.6 Å². The van der Waals surface area contributed by atoms with Gasteiger partial charge in [0.1, 0.15) is 23.8 Å². The van der Waals surface area contributed by atoms with Gasteiger partial charge < -0.3 is 10.3 Å². The van der Waals surface area contributed by atoms with E-state index in [4.69, 9.17) is 0 Å². The summed E-state index contributed by atoms with van der Waals surface area (Å²) in [6.45, 7) is 2.59. The molecule has 7 heteroatoms. The predicted molar refractivity (Wildman–Crippen MR) is 62.8 cm³/mol. The Kier molecular flexibility index (Phi) is 3.49. The second-order valence-electron chi connectivity index (χ2n) is 3.54. The monoisotopic (exact) mass is 234 g/mol. The summed E-state index contributed by atoms with van der Waals surface area (Å²) in [6.07, 6.45) is 2.87. The largest absolute Gasteiger partial charge is 0.369 e. The number of hydrogen-bond acceptors (Lipinski definition) is 5. The molecule has 0 fully saturated rings. The van der Waals surface area contributed by atoms with E-state index in [0.29, 0.717) is 31.0 Å². The molecule has 0 aromatic carbocycles. The first-order valence-electron chi connectivity index (χ1n) is 5.46. The number of hydrogen-bond donors (Lipinski definition) is 3. The molecule has 0 bridgehead atoms. The van der Waals surface area contributed by atoms with Gasteiger partial charge in [-0.05, 0) is 0 Å². The molecule has 0 radical (unpaired) electrons. The van der Waals surface area contributed by atoms with Crippen molar-refractivity contribution in [1.82, 2.24) is 25.1 Å². The molecule has 2 heterocycles. The number of anilines is 1. The minimum absolute atomic E-state index is 0.140. The van der Waals surface area contributed by atoms with Crippen molar-refractivity contribution in [2.75, 3.05) is 11.9 Å². The highest BCUT2D eigenvalue weighted by molar-refractivity contribution is 5.32. The highest BCUT2D eigenvalue weighted by Crippen LogP contribution is 1.99. The molecule has 0 aliphatic heterocycles. The third-order valence-electron chi connectivity index (χ3n) is 2.26. The highest BCUT2D eigenvalue weighted by atomic mass is 16.1. The second-order valence-corrected chi connectivity index (χ2v) is 3.54. The predicted octanol–water partition coefficient (Wildman–Crippen LogP) is 0.105. The lowest BCUT2D eigenvalue weighted by Crippen LogP contribution is -2.15. The molecule has 3 N–H and O–H groups in total. The van der Waals surface area contributed by atoms with Crippen LogP contribution >= 0.6 is 0 Å². The fourth-order valence-corrected chi connectivity index (χ4v) is 1.43. The first kappa shape index (κ1) is 11.3. The highest BCUT2D eigenvalue weighted by Gasteiger charge is 2.00. The van der Waals surface area contributed by atoms with Gasteiger partial charge >= 0.3 is 0 Å². The Labute approximate surface area is 97.7 Å². The molecule has 90 valence electrons. The van der Waals surface area contributed by atoms with Gasteiger partial charge in [-0.25, -0.2) is 9.97 Å². The number of H-pyrrole nitrogens is 2. The lowest BCUT2D eigenvalue weighted by Gasteiger charge is -2.04. The van der Waals surface area contributed by atoms with Crippen molar-refractivity contribution in [2.24, 2.45) is 0 Å². The maximum Gasteiger partial charge on any atom is 0.252 e. The molecule has 7 nitrogen and oxygen atoms in total. The van der Waals surface area contributed by atoms with Crippen molar-refractivity contribution in [3.8, 4) is 0 Å². The third-order valence-corrected chi connectivity index (χ3v) is 2.26. The standard InChI is InChI=1S/C10H14N6O/c1-2-7-14-9(5-10(17)15-7)11-4-3-8-12-6-13-16-8/h5-6H,2-4H2,1H3,(H,12,13,16)(H2,11,14,15,17). The van der Waals surface area contributed by atoms with E-state index in [0.717, 1.165) is 5.82 Å². The molecule has 0 saturated heterocycles. The van der Waals surface area contributed by atoms with E-state index in [-0.39, 0.29) is 5.56 Å². The maximum absolute atomic E-state index is 11.3. The summed E-state index contributed by atoms with van der Waals surface area (Å²) < 4.78 is 0. The van der Waals surface area contributed by atoms with Crippen LogP contribution < -0.4 is 10.9 Å². The van der Waals surface area contributed by atoms with E-state index in [2.05, 4.69) is 30.5 Å². The molecule has 0 spiro atoms. The van der Waals surface area contributed by atoms with Gasteiger partial charge in [-0.3, -0.25) is 9.89 Å². The Balaban J connectivity index is 1.94. The topological polar surface area (TPSA) is 99.3 Å². The van der Waals surface area contributed by atoms with Gasteiger partial charge in [0.15, 0.2) is 0 Å². The van der Waals surface area contributed by atoms with E-state index in [1.54, 1.807) is 0 Å². The minimum atomic E-state index is -0.140. The first-order valence-corrected chi connectivity index (χ1v) is 5.46. The van der Waals surface area contributed by atoms with E-state index in [1.807, 2.05) is 6.92 Å². The Hall–Kier alpha value is -2.18. The van der Waals surface area contributed by atoms with Gasteiger partial charge in [-0.1, -0.05) is 6.92 Å². The SMILES string of the molecule is CCc1nc(NCCc2ncn[nH]2)cc(=O)[nH]1. The summed E-state index contributed by atoms with van der Waals surface area (Å²) >= 11 is 0. The van der Waals surface area contributed by atoms with Gasteiger partial charge in [-0.2, -0.15) is 5.10 Å². The minimum Gasteiger partial charge on any atom is -0.369 e. The molecule has 0 atom stereocenters. The van der Waals surface area contributed by atoms with E-state index in [9.17, 15) is 4.79 Å². The van der Waals surface area contributed by atoms with E-state index >= 15 is 0 Å². The Morgan fingerprint density at radius 1 is 1.41 bits per heavy atom. The van der Waals surface area contributed by atoms with Crippen LogP contribution in [0.25, 0.3) is 0 Å². The molecule has 2 aromatic rings. The van der Waals surface area contributed by atoms with Crippen molar-refractivity contribution in [3.05, 3.63) is 34.4 Å². The van der Waals surface area contributed by atoms with Crippen LogP contribution in [0.2, 0.25) is 0 Å². The lowest BCUT2D eigenvalue weighted by atomic mass is 10.4. The zero-order valence-corrected chi connectivity index (χ0v) is 9.53. The van der Waals surface area contributed by atoms with Crippen LogP contribution in [-0.2, 0) is 12.8 Å². The number of nitrogens with zero attached hydrogens (tertiary/aromatic N) is 3. The number of aromatic amines is 2. The van der Waals surface area contributed by atoms with Crippen LogP contribution in [0, 0.1) is 0 Å². The zero-order chi connectivity index (χ0) is 12.1. The molecule has 2 aromatic heterocycles. The van der Waals surface area contributed by atoms with Crippen LogP contribution in [0.4, 0.5) is 5.82 Å². The quantitative estimate of drug-likeness (QED) is 0.681. The molecule has 0 saturated carbocycles. The summed E-state index contributed by atoms with van der Waals surface area (Å²) in [7, 11) is 0. The van der Waals surface area contributed by atoms with Gasteiger partial charge in [0.25, 0.3) is 5.56 Å². The summed E-state index contributed by atoms with van der Waals surface area (Å²) in [5, 5.41) is 9.60. The molecule has 0 aliphatic carbocycles. The molecule has 17 heavy (non-hydrogen) atoms. The molecule has 0 unspecified atom stereocenters. The van der Waals surface area contributed by atoms with Crippen molar-refractivity contribution in [3.63, 3.8) is 0 Å². The van der Waals surface area contributed by atoms with Crippen LogP contribution in [0.3, 0.4) is 0 Å². The summed E-state index contributed by atoms with van der Waals surface area (Å²) in [4.78, 5) is 22.2. The summed E-state index contributed by atoms with van der Waals surface area (Å²) in [6, 6.07) is 1.44. The van der Waals surface area contributed by atoms with E-state index < -0.39 is 0 Å². The fraction of sp³-hybridized carbons (Fsp3) is 0.400. The lowest BCUT2D eigenvalue weighted by molar-refractivity contribution is 0.880. The van der Waals surface area contributed by atoms with Crippen molar-refractivity contribution >= 4 is 5.82 Å². The maximum atomic E-state index is 11.3. The average molecular weight is 234 g/mol. The molecular formula is C10H14N6O. The normalized spacial score (nSPS) is 10.4. The number of aromatic nitrogens is 5. The van der Waals surface area contributed by atoms with E-state index in [1.165, 1.54) is 12.4 Å². The van der Waals surface area contributed by atoms with Crippen molar-refractivity contribution < 1.29 is 0 Å². The first-order chi connectivity index (χ1) is 8.28. The Bertz CT molecular complexity index is 518. The molecule has 0 amide bonds. The Morgan fingerprint density at radius 3 is 3.00 bits per heavy atom. The molecule has 0 aliphatic rings. The van der Waals surface area contributed by atoms with Crippen molar-refractivity contribution in [2.45, 2.75) is 19.8 Å².